The van der Waals surface area contributed by atoms with Crippen LogP contribution in [0.25, 0.3) is 10.9 Å². The van der Waals surface area contributed by atoms with Gasteiger partial charge in [-0.15, -0.1) is 5.92 Å². The number of aryl methyl sites for hydroxylation is 1. The smallest absolute Gasteiger partial charge is 0.0837 e. The van der Waals surface area contributed by atoms with E-state index in [0.717, 1.165) is 25.9 Å². The zero-order chi connectivity index (χ0) is 15.3. The molecular formula is C19H26N2. The predicted molar refractivity (Wildman–Crippen MR) is 91.5 cm³/mol. The van der Waals surface area contributed by atoms with Crippen molar-refractivity contribution >= 4 is 10.9 Å². The van der Waals surface area contributed by atoms with E-state index in [2.05, 4.69) is 73.0 Å². The summed E-state index contributed by atoms with van der Waals surface area (Å²) in [6.45, 7) is 10.4. The van der Waals surface area contributed by atoms with E-state index in [9.17, 15) is 0 Å². The average molecular weight is 282 g/mol. The predicted octanol–water partition coefficient (Wildman–Crippen LogP) is 3.99. The molecule has 0 aliphatic rings. The highest BCUT2D eigenvalue weighted by atomic mass is 15.0. The Morgan fingerprint density at radius 3 is 2.67 bits per heavy atom. The summed E-state index contributed by atoms with van der Waals surface area (Å²) in [7, 11) is 0. The zero-order valence-corrected chi connectivity index (χ0v) is 13.7. The van der Waals surface area contributed by atoms with Crippen LogP contribution < -0.4 is 5.32 Å². The average Bonchev–Trinajstić information content (AvgIpc) is 2.79. The third kappa shape index (κ3) is 4.37. The summed E-state index contributed by atoms with van der Waals surface area (Å²) >= 11 is 0. The van der Waals surface area contributed by atoms with E-state index in [1.54, 1.807) is 0 Å². The van der Waals surface area contributed by atoms with Gasteiger partial charge in [0.05, 0.1) is 6.54 Å². The molecule has 2 rings (SSSR count). The van der Waals surface area contributed by atoms with Gasteiger partial charge in [0.15, 0.2) is 0 Å². The molecule has 1 heterocycles. The largest absolute Gasteiger partial charge is 0.336 e. The van der Waals surface area contributed by atoms with Gasteiger partial charge in [0, 0.05) is 22.6 Å². The Kier molecular flexibility index (Phi) is 5.09. The Balaban J connectivity index is 2.10. The molecule has 21 heavy (non-hydrogen) atoms. The van der Waals surface area contributed by atoms with Gasteiger partial charge >= 0.3 is 0 Å². The number of nitrogens with zero attached hydrogens (tertiary/aromatic N) is 1. The number of aromatic nitrogens is 1. The van der Waals surface area contributed by atoms with Crippen molar-refractivity contribution in [1.29, 1.82) is 0 Å². The van der Waals surface area contributed by atoms with Crippen molar-refractivity contribution in [3.8, 4) is 11.8 Å². The molecular weight excluding hydrogens is 256 g/mol. The monoisotopic (exact) mass is 282 g/mol. The lowest BCUT2D eigenvalue weighted by Gasteiger charge is -2.20. The summed E-state index contributed by atoms with van der Waals surface area (Å²) in [5.41, 5.74) is 2.92. The Bertz CT molecular complexity index is 647. The molecule has 2 nitrogen and oxygen atoms in total. The molecule has 0 unspecified atom stereocenters. The Morgan fingerprint density at radius 1 is 1.19 bits per heavy atom. The van der Waals surface area contributed by atoms with Gasteiger partial charge < -0.3 is 9.88 Å². The van der Waals surface area contributed by atoms with E-state index in [0.29, 0.717) is 0 Å². The van der Waals surface area contributed by atoms with Crippen molar-refractivity contribution in [2.75, 3.05) is 6.54 Å². The molecule has 0 atom stereocenters. The summed E-state index contributed by atoms with van der Waals surface area (Å²) < 4.78 is 2.26. The SMILES string of the molecule is CC#CCn1cc(CCCNC(C)(C)C)c2ccccc21. The van der Waals surface area contributed by atoms with Crippen LogP contribution >= 0.6 is 0 Å². The number of hydrogen-bond acceptors (Lipinski definition) is 1. The zero-order valence-electron chi connectivity index (χ0n) is 13.7. The van der Waals surface area contributed by atoms with E-state index < -0.39 is 0 Å². The summed E-state index contributed by atoms with van der Waals surface area (Å²) in [6.07, 6.45) is 4.53. The molecule has 0 amide bonds. The molecule has 0 aliphatic carbocycles. The minimum Gasteiger partial charge on any atom is -0.336 e. The highest BCUT2D eigenvalue weighted by Crippen LogP contribution is 2.22. The van der Waals surface area contributed by atoms with Crippen molar-refractivity contribution in [1.82, 2.24) is 9.88 Å². The van der Waals surface area contributed by atoms with Gasteiger partial charge in [0.1, 0.15) is 0 Å². The minimum atomic E-state index is 0.199. The molecule has 0 radical (unpaired) electrons. The first-order valence-electron chi connectivity index (χ1n) is 7.72. The number of nitrogens with one attached hydrogen (secondary N) is 1. The molecule has 0 saturated carbocycles. The van der Waals surface area contributed by atoms with E-state index in [1.165, 1.54) is 16.5 Å². The summed E-state index contributed by atoms with van der Waals surface area (Å²) in [5, 5.41) is 4.92. The highest BCUT2D eigenvalue weighted by molar-refractivity contribution is 5.84. The second kappa shape index (κ2) is 6.83. The molecule has 0 saturated heterocycles. The second-order valence-corrected chi connectivity index (χ2v) is 6.51. The molecule has 0 bridgehead atoms. The lowest BCUT2D eigenvalue weighted by molar-refractivity contribution is 0.422. The molecule has 1 aromatic heterocycles. The van der Waals surface area contributed by atoms with Crippen LogP contribution in [0, 0.1) is 11.8 Å². The second-order valence-electron chi connectivity index (χ2n) is 6.51. The van der Waals surface area contributed by atoms with Crippen LogP contribution in [0.5, 0.6) is 0 Å². The highest BCUT2D eigenvalue weighted by Gasteiger charge is 2.09. The van der Waals surface area contributed by atoms with Gasteiger partial charge in [-0.25, -0.2) is 0 Å². The first-order valence-corrected chi connectivity index (χ1v) is 7.72. The molecule has 2 aromatic rings. The van der Waals surface area contributed by atoms with Crippen LogP contribution in [0.4, 0.5) is 0 Å². The normalized spacial score (nSPS) is 11.4. The Labute approximate surface area is 128 Å². The van der Waals surface area contributed by atoms with E-state index >= 15 is 0 Å². The molecule has 0 fully saturated rings. The number of hydrogen-bond donors (Lipinski definition) is 1. The van der Waals surface area contributed by atoms with Crippen LogP contribution in [-0.4, -0.2) is 16.7 Å². The van der Waals surface area contributed by atoms with Gasteiger partial charge in [0.25, 0.3) is 0 Å². The fraction of sp³-hybridized carbons (Fsp3) is 0.474. The summed E-state index contributed by atoms with van der Waals surface area (Å²) in [6, 6.07) is 8.62. The standard InChI is InChI=1S/C19H26N2/c1-5-6-14-21-15-16(10-9-13-20-19(2,3)4)17-11-7-8-12-18(17)21/h7-8,11-12,15,20H,9-10,13-14H2,1-4H3. The van der Waals surface area contributed by atoms with Crippen molar-refractivity contribution < 1.29 is 0 Å². The fourth-order valence-electron chi connectivity index (χ4n) is 2.56. The van der Waals surface area contributed by atoms with Crippen LogP contribution in [-0.2, 0) is 13.0 Å². The maximum Gasteiger partial charge on any atom is 0.0837 e. The maximum absolute atomic E-state index is 3.55. The van der Waals surface area contributed by atoms with Crippen molar-refractivity contribution in [3.05, 3.63) is 36.0 Å². The molecule has 2 heteroatoms. The van der Waals surface area contributed by atoms with Crippen LogP contribution in [0.2, 0.25) is 0 Å². The van der Waals surface area contributed by atoms with Crippen molar-refractivity contribution in [2.45, 2.75) is 52.6 Å². The molecule has 112 valence electrons. The maximum atomic E-state index is 3.55. The van der Waals surface area contributed by atoms with Crippen LogP contribution in [0.1, 0.15) is 39.7 Å². The van der Waals surface area contributed by atoms with Crippen LogP contribution in [0.3, 0.4) is 0 Å². The molecule has 0 spiro atoms. The van der Waals surface area contributed by atoms with E-state index in [4.69, 9.17) is 0 Å². The lowest BCUT2D eigenvalue weighted by atomic mass is 10.1. The summed E-state index contributed by atoms with van der Waals surface area (Å²) in [4.78, 5) is 0. The van der Waals surface area contributed by atoms with Gasteiger partial charge in [-0.05, 0) is 58.7 Å². The number of rotatable bonds is 5. The van der Waals surface area contributed by atoms with Crippen LogP contribution in [0.15, 0.2) is 30.5 Å². The first-order chi connectivity index (χ1) is 10.0. The van der Waals surface area contributed by atoms with E-state index in [1.807, 2.05) is 6.92 Å². The molecule has 0 aliphatic heterocycles. The fourth-order valence-corrected chi connectivity index (χ4v) is 2.56. The Morgan fingerprint density at radius 2 is 1.95 bits per heavy atom. The van der Waals surface area contributed by atoms with Gasteiger partial charge in [-0.1, -0.05) is 24.1 Å². The van der Waals surface area contributed by atoms with E-state index in [-0.39, 0.29) is 5.54 Å². The molecule has 1 N–H and O–H groups in total. The number of para-hydroxylation sites is 1. The number of fused-ring (bicyclic) bond motifs is 1. The van der Waals surface area contributed by atoms with Gasteiger partial charge in [-0.2, -0.15) is 0 Å². The van der Waals surface area contributed by atoms with Crippen molar-refractivity contribution in [3.63, 3.8) is 0 Å². The van der Waals surface area contributed by atoms with Gasteiger partial charge in [-0.3, -0.25) is 0 Å². The van der Waals surface area contributed by atoms with Gasteiger partial charge in [0.2, 0.25) is 0 Å². The Hall–Kier alpha value is -1.72. The first kappa shape index (κ1) is 15.7. The minimum absolute atomic E-state index is 0.199. The topological polar surface area (TPSA) is 17.0 Å². The van der Waals surface area contributed by atoms with Crippen molar-refractivity contribution in [2.24, 2.45) is 0 Å². The number of benzene rings is 1. The quantitative estimate of drug-likeness (QED) is 0.648. The molecule has 1 aromatic carbocycles. The third-order valence-electron chi connectivity index (χ3n) is 3.58. The summed E-state index contributed by atoms with van der Waals surface area (Å²) in [5.74, 6) is 6.14. The third-order valence-corrected chi connectivity index (χ3v) is 3.58. The lowest BCUT2D eigenvalue weighted by Crippen LogP contribution is -2.36.